The summed E-state index contributed by atoms with van der Waals surface area (Å²) in [5.41, 5.74) is 1.41. The predicted molar refractivity (Wildman–Crippen MR) is 127 cm³/mol. The molecule has 0 bridgehead atoms. The Balaban J connectivity index is 1.97. The third-order valence-corrected chi connectivity index (χ3v) is 6.90. The van der Waals surface area contributed by atoms with Crippen molar-refractivity contribution in [2.24, 2.45) is 0 Å². The monoisotopic (exact) mass is 468 g/mol. The Kier molecular flexibility index (Phi) is 7.12. The molecule has 3 rings (SSSR count). The number of anilines is 2. The molecular weight excluding hydrogens is 448 g/mol. The fraction of sp³-hybridized carbons (Fsp3) is 0.0833. The number of rotatable bonds is 8. The van der Waals surface area contributed by atoms with Gasteiger partial charge in [-0.2, -0.15) is 0 Å². The van der Waals surface area contributed by atoms with Crippen molar-refractivity contribution in [3.05, 3.63) is 102 Å². The maximum absolute atomic E-state index is 13.4. The van der Waals surface area contributed by atoms with E-state index in [1.165, 1.54) is 35.5 Å². The van der Waals surface area contributed by atoms with E-state index in [0.717, 1.165) is 0 Å². The summed E-state index contributed by atoms with van der Waals surface area (Å²) in [4.78, 5) is 24.2. The van der Waals surface area contributed by atoms with E-state index in [2.05, 4.69) is 11.9 Å². The van der Waals surface area contributed by atoms with Gasteiger partial charge in [-0.25, -0.2) is 8.42 Å². The van der Waals surface area contributed by atoms with E-state index in [1.54, 1.807) is 54.6 Å². The largest absolute Gasteiger partial charge is 0.322 e. The molecule has 0 aromatic heterocycles. The smallest absolute Gasteiger partial charge is 0.266 e. The molecule has 0 spiro atoms. The van der Waals surface area contributed by atoms with Crippen LogP contribution in [-0.2, 0) is 10.0 Å². The highest BCUT2D eigenvalue weighted by Crippen LogP contribution is 2.29. The third-order valence-electron chi connectivity index (χ3n) is 4.63. The van der Waals surface area contributed by atoms with Gasteiger partial charge in [0.05, 0.1) is 17.3 Å². The minimum absolute atomic E-state index is 0.00915. The van der Waals surface area contributed by atoms with Crippen molar-refractivity contribution in [1.82, 2.24) is 0 Å². The summed E-state index contributed by atoms with van der Waals surface area (Å²) < 4.78 is 28.0. The van der Waals surface area contributed by atoms with Gasteiger partial charge in [0, 0.05) is 16.8 Å². The molecular formula is C24H21ClN2O4S. The fourth-order valence-electron chi connectivity index (χ4n) is 3.03. The molecule has 6 nitrogen and oxygen atoms in total. The van der Waals surface area contributed by atoms with E-state index >= 15 is 0 Å². The zero-order valence-electron chi connectivity index (χ0n) is 17.3. The van der Waals surface area contributed by atoms with Crippen molar-refractivity contribution in [1.29, 1.82) is 0 Å². The molecule has 0 unspecified atom stereocenters. The molecule has 3 aromatic carbocycles. The minimum Gasteiger partial charge on any atom is -0.322 e. The number of hydrogen-bond donors (Lipinski definition) is 1. The fourth-order valence-corrected chi connectivity index (χ4v) is 4.97. The second kappa shape index (κ2) is 9.80. The Hall–Kier alpha value is -3.42. The maximum Gasteiger partial charge on any atom is 0.266 e. The van der Waals surface area contributed by atoms with Crippen LogP contribution in [0.1, 0.15) is 27.6 Å². The first-order valence-corrected chi connectivity index (χ1v) is 11.5. The average molecular weight is 469 g/mol. The molecule has 1 N–H and O–H groups in total. The van der Waals surface area contributed by atoms with Gasteiger partial charge in [-0.05, 0) is 49.4 Å². The number of nitrogens with one attached hydrogen (secondary N) is 1. The summed E-state index contributed by atoms with van der Waals surface area (Å²) in [7, 11) is -4.09. The van der Waals surface area contributed by atoms with Gasteiger partial charge < -0.3 is 5.32 Å². The number of hydrogen-bond acceptors (Lipinski definition) is 4. The summed E-state index contributed by atoms with van der Waals surface area (Å²) in [6, 6.07) is 19.1. The van der Waals surface area contributed by atoms with Gasteiger partial charge in [-0.1, -0.05) is 48.0 Å². The lowest BCUT2D eigenvalue weighted by Crippen LogP contribution is -2.31. The van der Waals surface area contributed by atoms with Crippen molar-refractivity contribution in [2.75, 3.05) is 16.2 Å². The van der Waals surface area contributed by atoms with Crippen LogP contribution >= 0.6 is 11.6 Å². The van der Waals surface area contributed by atoms with Crippen molar-refractivity contribution in [2.45, 2.75) is 11.8 Å². The predicted octanol–water partition coefficient (Wildman–Crippen LogP) is 5.18. The summed E-state index contributed by atoms with van der Waals surface area (Å²) >= 11 is 6.23. The van der Waals surface area contributed by atoms with Gasteiger partial charge in [-0.15, -0.1) is 6.58 Å². The van der Waals surface area contributed by atoms with Crippen molar-refractivity contribution in [3.63, 3.8) is 0 Å². The van der Waals surface area contributed by atoms with Crippen molar-refractivity contribution < 1.29 is 18.0 Å². The molecule has 0 radical (unpaired) electrons. The van der Waals surface area contributed by atoms with Crippen molar-refractivity contribution in [3.8, 4) is 0 Å². The number of carbonyl (C=O) groups is 2. The average Bonchev–Trinajstić information content (AvgIpc) is 2.78. The van der Waals surface area contributed by atoms with Crippen LogP contribution in [0, 0.1) is 0 Å². The molecule has 8 heteroatoms. The van der Waals surface area contributed by atoms with Crippen LogP contribution < -0.4 is 9.62 Å². The number of carbonyl (C=O) groups excluding carboxylic acids is 2. The van der Waals surface area contributed by atoms with E-state index in [9.17, 15) is 18.0 Å². The number of benzene rings is 3. The molecule has 0 fully saturated rings. The van der Waals surface area contributed by atoms with Crippen LogP contribution in [0.4, 0.5) is 11.4 Å². The molecule has 0 heterocycles. The highest BCUT2D eigenvalue weighted by Gasteiger charge is 2.27. The molecule has 0 aliphatic rings. The van der Waals surface area contributed by atoms with Crippen molar-refractivity contribution >= 4 is 44.7 Å². The minimum atomic E-state index is -4.09. The number of halogens is 1. The second-order valence-corrected chi connectivity index (χ2v) is 9.13. The zero-order chi connectivity index (χ0) is 23.3. The molecule has 0 saturated carbocycles. The molecule has 1 amide bonds. The van der Waals surface area contributed by atoms with Crippen LogP contribution in [-0.4, -0.2) is 26.7 Å². The highest BCUT2D eigenvalue weighted by atomic mass is 35.5. The van der Waals surface area contributed by atoms with E-state index in [-0.39, 0.29) is 27.8 Å². The van der Waals surface area contributed by atoms with Gasteiger partial charge in [0.25, 0.3) is 15.9 Å². The lowest BCUT2D eigenvalue weighted by Gasteiger charge is -2.24. The first-order chi connectivity index (χ1) is 15.2. The van der Waals surface area contributed by atoms with Gasteiger partial charge in [0.15, 0.2) is 5.78 Å². The van der Waals surface area contributed by atoms with Gasteiger partial charge in [-0.3, -0.25) is 13.9 Å². The SMILES string of the molecule is C=CCN(c1ccccc1)S(=O)(=O)c1cc(C(=O)Nc2cccc(C(C)=O)c2)ccc1Cl. The summed E-state index contributed by atoms with van der Waals surface area (Å²) in [6.45, 7) is 5.09. The quantitative estimate of drug-likeness (QED) is 0.365. The lowest BCUT2D eigenvalue weighted by atomic mass is 10.1. The number of amides is 1. The summed E-state index contributed by atoms with van der Waals surface area (Å²) in [5.74, 6) is -0.669. The van der Waals surface area contributed by atoms with E-state index in [0.29, 0.717) is 16.9 Å². The standard InChI is InChI=1S/C24H21ClN2O4S/c1-3-14-27(21-10-5-4-6-11-21)32(30,31)23-16-19(12-13-22(23)25)24(29)26-20-9-7-8-18(15-20)17(2)28/h3-13,15-16H,1,14H2,2H3,(H,26,29). The molecule has 0 atom stereocenters. The highest BCUT2D eigenvalue weighted by molar-refractivity contribution is 7.93. The Morgan fingerprint density at radius 3 is 2.38 bits per heavy atom. The number of ketones is 1. The Morgan fingerprint density at radius 2 is 1.72 bits per heavy atom. The molecule has 0 aliphatic heterocycles. The van der Waals surface area contributed by atoms with Crippen LogP contribution in [0.25, 0.3) is 0 Å². The van der Waals surface area contributed by atoms with Crippen LogP contribution in [0.3, 0.4) is 0 Å². The van der Waals surface area contributed by atoms with Crippen LogP contribution in [0.15, 0.2) is 90.3 Å². The van der Waals surface area contributed by atoms with Crippen LogP contribution in [0.2, 0.25) is 5.02 Å². The molecule has 3 aromatic rings. The van der Waals surface area contributed by atoms with Gasteiger partial charge in [0.1, 0.15) is 4.90 Å². The number of nitrogens with zero attached hydrogens (tertiary/aromatic N) is 1. The number of Topliss-reactive ketones (excluding diaryl/α,β-unsaturated/α-hetero) is 1. The first kappa shape index (κ1) is 23.2. The summed E-state index contributed by atoms with van der Waals surface area (Å²) in [6.07, 6.45) is 1.47. The molecule has 0 aliphatic carbocycles. The molecule has 164 valence electrons. The normalized spacial score (nSPS) is 10.9. The van der Waals surface area contributed by atoms with Crippen LogP contribution in [0.5, 0.6) is 0 Å². The topological polar surface area (TPSA) is 83.6 Å². The summed E-state index contributed by atoms with van der Waals surface area (Å²) in [5, 5.41) is 2.67. The van der Waals surface area contributed by atoms with E-state index in [1.807, 2.05) is 0 Å². The number of sulfonamides is 1. The van der Waals surface area contributed by atoms with E-state index < -0.39 is 15.9 Å². The Bertz CT molecular complexity index is 1270. The Labute approximate surface area is 192 Å². The van der Waals surface area contributed by atoms with E-state index in [4.69, 9.17) is 11.6 Å². The van der Waals surface area contributed by atoms with Gasteiger partial charge >= 0.3 is 0 Å². The first-order valence-electron chi connectivity index (χ1n) is 9.64. The third kappa shape index (κ3) is 5.07. The molecule has 32 heavy (non-hydrogen) atoms. The zero-order valence-corrected chi connectivity index (χ0v) is 18.9. The Morgan fingerprint density at radius 1 is 1.00 bits per heavy atom. The van der Waals surface area contributed by atoms with Gasteiger partial charge in [0.2, 0.25) is 0 Å². The maximum atomic E-state index is 13.4. The lowest BCUT2D eigenvalue weighted by molar-refractivity contribution is 0.101. The second-order valence-electron chi connectivity index (χ2n) is 6.90. The molecule has 0 saturated heterocycles. The number of para-hydroxylation sites is 1.